The van der Waals surface area contributed by atoms with Crippen LogP contribution in [0.1, 0.15) is 22.7 Å². The van der Waals surface area contributed by atoms with Crippen LogP contribution in [0, 0.1) is 6.92 Å². The molecular weight excluding hydrogens is 440 g/mol. The Morgan fingerprint density at radius 1 is 1.09 bits per heavy atom. The number of hydrogen-bond donors (Lipinski definition) is 1. The molecule has 0 atom stereocenters. The highest BCUT2D eigenvalue weighted by atomic mass is 16.5. The van der Waals surface area contributed by atoms with Crippen LogP contribution in [0.25, 0.3) is 17.2 Å². The minimum Gasteiger partial charge on any atom is -0.348 e. The summed E-state index contributed by atoms with van der Waals surface area (Å²) in [6, 6.07) is 7.09. The van der Waals surface area contributed by atoms with Crippen LogP contribution in [0.2, 0.25) is 0 Å². The number of carbonyl (C=O) groups excluding carboxylic acids is 1. The molecule has 2 aromatic heterocycles. The van der Waals surface area contributed by atoms with Gasteiger partial charge in [0, 0.05) is 39.8 Å². The third kappa shape index (κ3) is 5.13. The van der Waals surface area contributed by atoms with Crippen molar-refractivity contribution in [2.24, 2.45) is 7.05 Å². The molecule has 0 saturated carbocycles. The average molecular weight is 469 g/mol. The molecule has 0 unspecified atom stereocenters. The Morgan fingerprint density at radius 3 is 2.50 bits per heavy atom. The van der Waals surface area contributed by atoms with Crippen molar-refractivity contribution in [2.45, 2.75) is 13.3 Å². The molecule has 34 heavy (non-hydrogen) atoms. The lowest BCUT2D eigenvalue weighted by Gasteiger charge is -2.32. The zero-order chi connectivity index (χ0) is 24.2. The Kier molecular flexibility index (Phi) is 6.98. The summed E-state index contributed by atoms with van der Waals surface area (Å²) >= 11 is 0. The molecule has 1 N–H and O–H groups in total. The van der Waals surface area contributed by atoms with Gasteiger partial charge in [-0.3, -0.25) is 14.2 Å². The lowest BCUT2D eigenvalue weighted by Crippen LogP contribution is -2.45. The first-order chi connectivity index (χ1) is 16.3. The van der Waals surface area contributed by atoms with Crippen LogP contribution in [0.15, 0.2) is 38.4 Å². The minimum absolute atomic E-state index is 0.163. The highest BCUT2D eigenvalue weighted by Crippen LogP contribution is 2.10. The van der Waals surface area contributed by atoms with Crippen LogP contribution >= 0.6 is 0 Å². The van der Waals surface area contributed by atoms with E-state index in [4.69, 9.17) is 4.52 Å². The van der Waals surface area contributed by atoms with Gasteiger partial charge in [-0.25, -0.2) is 4.79 Å². The predicted octanol–water partition coefficient (Wildman–Crippen LogP) is -0.343. The number of nitrogens with zero attached hydrogens (tertiary/aromatic N) is 7. The van der Waals surface area contributed by atoms with Crippen molar-refractivity contribution in [1.29, 1.82) is 0 Å². The molecule has 12 nitrogen and oxygen atoms in total. The Balaban J connectivity index is 1.45. The van der Waals surface area contributed by atoms with E-state index in [2.05, 4.69) is 37.4 Å². The van der Waals surface area contributed by atoms with E-state index >= 15 is 0 Å². The highest BCUT2D eigenvalue weighted by molar-refractivity contribution is 5.89. The van der Waals surface area contributed by atoms with Crippen LogP contribution in [-0.4, -0.2) is 86.5 Å². The van der Waals surface area contributed by atoms with Crippen LogP contribution in [0.5, 0.6) is 0 Å². The molecule has 1 aromatic carbocycles. The number of rotatable bonds is 7. The van der Waals surface area contributed by atoms with Crippen molar-refractivity contribution in [3.8, 4) is 17.2 Å². The third-order valence-corrected chi connectivity index (χ3v) is 5.82. The molecule has 4 rings (SSSR count). The topological polar surface area (TPSA) is 131 Å². The highest BCUT2D eigenvalue weighted by Gasteiger charge is 2.22. The maximum atomic E-state index is 12.6. The zero-order valence-electron chi connectivity index (χ0n) is 19.5. The first-order valence-electron chi connectivity index (χ1n) is 11.1. The fourth-order valence-corrected chi connectivity index (χ4v) is 3.63. The first kappa shape index (κ1) is 23.5. The molecule has 0 aliphatic carbocycles. The van der Waals surface area contributed by atoms with Crippen molar-refractivity contribution >= 4 is 5.91 Å². The molecule has 3 heterocycles. The van der Waals surface area contributed by atoms with Gasteiger partial charge < -0.3 is 19.6 Å². The summed E-state index contributed by atoms with van der Waals surface area (Å²) in [5.74, 6) is -0.962. The smallest absolute Gasteiger partial charge is 0.348 e. The van der Waals surface area contributed by atoms with E-state index in [1.807, 2.05) is 19.1 Å². The summed E-state index contributed by atoms with van der Waals surface area (Å²) in [6.07, 6.45) is 0.792. The molecule has 12 heteroatoms. The van der Waals surface area contributed by atoms with E-state index in [1.54, 1.807) is 12.1 Å². The van der Waals surface area contributed by atoms with Crippen molar-refractivity contribution in [1.82, 2.24) is 39.6 Å². The van der Waals surface area contributed by atoms with Crippen molar-refractivity contribution < 1.29 is 9.32 Å². The Hall–Kier alpha value is -3.64. The van der Waals surface area contributed by atoms with Gasteiger partial charge in [0.05, 0.1) is 5.69 Å². The zero-order valence-corrected chi connectivity index (χ0v) is 19.5. The van der Waals surface area contributed by atoms with Gasteiger partial charge in [0.2, 0.25) is 5.82 Å². The number of likely N-dealkylation sites (N-methyl/N-ethyl adjacent to an activating group) is 1. The Morgan fingerprint density at radius 2 is 1.79 bits per heavy atom. The number of nitrogens with one attached hydrogen (secondary N) is 1. The number of piperazine rings is 1. The van der Waals surface area contributed by atoms with Crippen LogP contribution in [0.3, 0.4) is 0 Å². The van der Waals surface area contributed by atoms with Gasteiger partial charge in [0.25, 0.3) is 5.56 Å². The number of carbonyl (C=O) groups is 1. The number of aromatic nitrogens is 5. The van der Waals surface area contributed by atoms with E-state index in [-0.39, 0.29) is 17.4 Å². The largest absolute Gasteiger partial charge is 0.351 e. The van der Waals surface area contributed by atoms with Gasteiger partial charge in [0.15, 0.2) is 5.69 Å². The molecule has 1 aliphatic heterocycles. The average Bonchev–Trinajstić information content (AvgIpc) is 3.32. The van der Waals surface area contributed by atoms with E-state index in [0.29, 0.717) is 12.2 Å². The maximum Gasteiger partial charge on any atom is 0.351 e. The van der Waals surface area contributed by atoms with Crippen LogP contribution < -0.4 is 16.6 Å². The number of aryl methyl sites for hydroxylation is 1. The second-order valence-corrected chi connectivity index (χ2v) is 8.42. The molecular formula is C22H28N8O4. The van der Waals surface area contributed by atoms with Gasteiger partial charge >= 0.3 is 17.5 Å². The van der Waals surface area contributed by atoms with Gasteiger partial charge in [-0.05, 0) is 39.1 Å². The summed E-state index contributed by atoms with van der Waals surface area (Å²) in [6.45, 7) is 7.40. The minimum atomic E-state index is -0.687. The summed E-state index contributed by atoms with van der Waals surface area (Å²) < 4.78 is 7.06. The lowest BCUT2D eigenvalue weighted by molar-refractivity contribution is 0.0906. The molecule has 1 fully saturated rings. The molecule has 0 bridgehead atoms. The standard InChI is InChI=1S/C22H28N8O4/c1-15-5-7-16(8-6-15)30-22(33)28(3)21(32)17(25-30)18-24-20(34-26-18)19(31)23-9-4-10-29-13-11-27(2)12-14-29/h5-8H,4,9-14H2,1-3H3,(H,23,31). The predicted molar refractivity (Wildman–Crippen MR) is 124 cm³/mol. The second-order valence-electron chi connectivity index (χ2n) is 8.42. The summed E-state index contributed by atoms with van der Waals surface area (Å²) in [5.41, 5.74) is 0.00158. The molecule has 1 saturated heterocycles. The molecule has 1 aliphatic rings. The van der Waals surface area contributed by atoms with E-state index in [0.717, 1.165) is 54.0 Å². The van der Waals surface area contributed by atoms with Crippen molar-refractivity contribution in [3.05, 3.63) is 56.6 Å². The quantitative estimate of drug-likeness (QED) is 0.463. The Bertz CT molecular complexity index is 1270. The summed E-state index contributed by atoms with van der Waals surface area (Å²) in [4.78, 5) is 46.3. The van der Waals surface area contributed by atoms with Crippen molar-refractivity contribution in [3.63, 3.8) is 0 Å². The molecule has 0 radical (unpaired) electrons. The van der Waals surface area contributed by atoms with E-state index < -0.39 is 17.2 Å². The number of benzene rings is 1. The number of hydrogen-bond acceptors (Lipinski definition) is 9. The van der Waals surface area contributed by atoms with Gasteiger partial charge in [-0.1, -0.05) is 22.9 Å². The summed E-state index contributed by atoms with van der Waals surface area (Å²) in [7, 11) is 3.45. The van der Waals surface area contributed by atoms with Crippen molar-refractivity contribution in [2.75, 3.05) is 46.3 Å². The lowest BCUT2D eigenvalue weighted by atomic mass is 10.2. The fraction of sp³-hybridized carbons (Fsp3) is 0.455. The first-order valence-corrected chi connectivity index (χ1v) is 11.1. The molecule has 3 aromatic rings. The van der Waals surface area contributed by atoms with E-state index in [9.17, 15) is 14.4 Å². The van der Waals surface area contributed by atoms with Crippen LogP contribution in [0.4, 0.5) is 0 Å². The number of amides is 1. The molecule has 0 spiro atoms. The van der Waals surface area contributed by atoms with Gasteiger partial charge in [-0.15, -0.1) is 0 Å². The monoisotopic (exact) mass is 468 g/mol. The Labute approximate surface area is 195 Å². The second kappa shape index (κ2) is 10.1. The van der Waals surface area contributed by atoms with Gasteiger partial charge in [-0.2, -0.15) is 14.8 Å². The van der Waals surface area contributed by atoms with E-state index in [1.165, 1.54) is 7.05 Å². The third-order valence-electron chi connectivity index (χ3n) is 5.82. The van der Waals surface area contributed by atoms with Gasteiger partial charge in [0.1, 0.15) is 0 Å². The normalized spacial score (nSPS) is 14.9. The molecule has 180 valence electrons. The van der Waals surface area contributed by atoms with Crippen LogP contribution in [-0.2, 0) is 7.05 Å². The summed E-state index contributed by atoms with van der Waals surface area (Å²) in [5, 5.41) is 10.7. The fourth-order valence-electron chi connectivity index (χ4n) is 3.63. The maximum absolute atomic E-state index is 12.6. The molecule has 1 amide bonds. The SMILES string of the molecule is Cc1ccc(-n2nc(-c3noc(C(=O)NCCCN4CCN(C)CC4)n3)c(=O)n(C)c2=O)cc1.